The molecule has 1 aliphatic carbocycles. The number of unbranched alkanes of at least 4 members (excludes halogenated alkanes) is 1. The smallest absolute Gasteiger partial charge is 0.329 e. The number of rotatable bonds is 42. The minimum atomic E-state index is -2.48. The number of piperidine rings is 1. The summed E-state index contributed by atoms with van der Waals surface area (Å²) in [4.78, 5) is 99.4. The second kappa shape index (κ2) is 52.9. The Hall–Kier alpha value is -9.84. The highest BCUT2D eigenvalue weighted by molar-refractivity contribution is 6.39. The van der Waals surface area contributed by atoms with E-state index in [0.29, 0.717) is 215 Å². The number of nitrogens with two attached hydrogens (primary N) is 2. The van der Waals surface area contributed by atoms with Crippen LogP contribution < -0.4 is 16.8 Å². The van der Waals surface area contributed by atoms with Gasteiger partial charge in [-0.05, 0) is 144 Å². The molecule has 0 spiro atoms. The lowest BCUT2D eigenvalue weighted by molar-refractivity contribution is -0.265. The van der Waals surface area contributed by atoms with Crippen LogP contribution in [0.2, 0.25) is 0 Å². The number of allylic oxidation sites excluding steroid dienone is 6. The summed E-state index contributed by atoms with van der Waals surface area (Å²) in [7, 11) is 4.63. The number of carbonyl (C=O) groups excluding carboxylic acids is 6. The molecule has 3 aliphatic heterocycles. The van der Waals surface area contributed by atoms with E-state index in [4.69, 9.17) is 82.6 Å². The Morgan fingerprint density at radius 1 is 0.714 bits per heavy atom. The highest BCUT2D eigenvalue weighted by Gasteiger charge is 2.53. The number of methoxy groups -OCH3 is 3. The average molecular weight is 1850 g/mol. The van der Waals surface area contributed by atoms with Gasteiger partial charge in [0.1, 0.15) is 59.2 Å². The summed E-state index contributed by atoms with van der Waals surface area (Å²) in [6.45, 7) is 20.7. The zero-order valence-corrected chi connectivity index (χ0v) is 78.6. The lowest BCUT2D eigenvalue weighted by Crippen LogP contribution is -2.61. The summed E-state index contributed by atoms with van der Waals surface area (Å²) in [6.07, 6.45) is 18.1. The van der Waals surface area contributed by atoms with Crippen molar-refractivity contribution < 1.29 is 105 Å². The fourth-order valence-corrected chi connectivity index (χ4v) is 17.6. The molecule has 7 aromatic rings. The molecule has 3 fully saturated rings. The van der Waals surface area contributed by atoms with Crippen molar-refractivity contribution in [1.29, 1.82) is 0 Å². The number of hydrogen-bond donors (Lipinski definition) is 5. The number of aryl methyl sites for hydroxylation is 1. The molecule has 4 aliphatic rings. The van der Waals surface area contributed by atoms with Gasteiger partial charge in [0.2, 0.25) is 11.7 Å². The molecule has 2 saturated heterocycles. The van der Waals surface area contributed by atoms with Gasteiger partial charge in [0.05, 0.1) is 160 Å². The zero-order valence-electron chi connectivity index (χ0n) is 78.6. The normalized spacial score (nSPS) is 25.8. The van der Waals surface area contributed by atoms with Crippen LogP contribution in [0.5, 0.6) is 0 Å². The number of aliphatic hydroxyl groups is 2. The Bertz CT molecular complexity index is 4990. The lowest BCUT2D eigenvalue weighted by Gasteiger charge is -2.42. The van der Waals surface area contributed by atoms with Crippen LogP contribution in [0.15, 0.2) is 113 Å². The molecule has 1 saturated carbocycles. The Labute approximate surface area is 777 Å². The maximum Gasteiger partial charge on any atom is 0.329 e. The molecule has 2 amide bonds. The van der Waals surface area contributed by atoms with Crippen LogP contribution in [0.3, 0.4) is 0 Å². The first-order valence-electron chi connectivity index (χ1n) is 46.8. The van der Waals surface area contributed by atoms with E-state index in [-0.39, 0.29) is 86.3 Å². The summed E-state index contributed by atoms with van der Waals surface area (Å²) in [5.74, 6) is -8.24. The number of oxazole rings is 1. The third-order valence-corrected chi connectivity index (χ3v) is 25.3. The van der Waals surface area contributed by atoms with Gasteiger partial charge in [0, 0.05) is 94.7 Å². The standard InChI is InChI=1S/C96H137N15O22/c1-62-19-12-11-13-20-63(2)81(120-8)57-73-27-24-68(7)96(119,133-73)90(116)93(117)109-32-16-14-23-77(109)94(118)131-82(58-79(112)64(3)52-67(6)88(115)89(122-10)87(114)66(5)51-62)65(4)53-69-25-28-76(83(54-69)121-9)111-78(59-102-106-111)71-22-18-21-70(55-71)75-60-108(107-104-75)34-36-124-38-40-126-42-44-128-46-48-130-50-49-129-47-45-127-43-41-125-39-37-123-35-30-84(113)99-31-15-17-33-110-92-85(91(97)100-61-101-92)86(105-110)72-26-29-80-74(56-72)103-95(98)132-80/h11-13,18-22,26,29,52,55-56,59-62,64-66,68-69,73,76-77,81-83,88-89,115,119H,14-17,23-25,27-28,30-51,53-54,57-58H2,1-10H3,(H2,98,103)(H,99,113)(H2,97,100,101)/b13-11+,19-12+,63-20+,67-52+/t62-,64-,65-,66-,68-,69+,73+,76+,77+,81+,82+,83-,88-,89+,96-/m1/s1. The molecular weight excluding hydrogens is 1720 g/mol. The van der Waals surface area contributed by atoms with E-state index in [2.05, 4.69) is 40.9 Å². The number of carbonyl (C=O) groups is 6. The molecule has 133 heavy (non-hydrogen) atoms. The van der Waals surface area contributed by atoms with Crippen molar-refractivity contribution in [3.63, 3.8) is 0 Å². The number of amides is 2. The van der Waals surface area contributed by atoms with Gasteiger partial charge in [0.25, 0.3) is 17.7 Å². The molecule has 8 heterocycles. The second-order valence-electron chi connectivity index (χ2n) is 35.1. The first kappa shape index (κ1) is 104. The molecular formula is C96H137N15O22. The Morgan fingerprint density at radius 2 is 1.41 bits per heavy atom. The van der Waals surface area contributed by atoms with E-state index in [1.54, 1.807) is 62.7 Å². The number of cyclic esters (lactones) is 1. The summed E-state index contributed by atoms with van der Waals surface area (Å²) < 4.78 is 86.7. The van der Waals surface area contributed by atoms with E-state index in [1.165, 1.54) is 18.3 Å². The third-order valence-electron chi connectivity index (χ3n) is 25.3. The van der Waals surface area contributed by atoms with Crippen LogP contribution in [-0.4, -0.2) is 294 Å². The van der Waals surface area contributed by atoms with Crippen LogP contribution in [0, 0.1) is 35.5 Å². The lowest BCUT2D eigenvalue weighted by atomic mass is 9.77. The van der Waals surface area contributed by atoms with Crippen molar-refractivity contribution in [2.24, 2.45) is 35.5 Å². The van der Waals surface area contributed by atoms with Gasteiger partial charge in [-0.2, -0.15) is 10.1 Å². The molecule has 7 N–H and O–H groups in total. The molecule has 15 atom stereocenters. The summed E-state index contributed by atoms with van der Waals surface area (Å²) in [5.41, 5.74) is 19.6. The number of ether oxygens (including phenoxy) is 13. The minimum absolute atomic E-state index is 0.0163. The van der Waals surface area contributed by atoms with Gasteiger partial charge in [0.15, 0.2) is 17.0 Å². The van der Waals surface area contributed by atoms with Gasteiger partial charge >= 0.3 is 5.97 Å². The van der Waals surface area contributed by atoms with Crippen LogP contribution in [0.4, 0.5) is 11.8 Å². The van der Waals surface area contributed by atoms with Gasteiger partial charge in [-0.3, -0.25) is 24.0 Å². The maximum atomic E-state index is 14.9. The molecule has 37 heteroatoms. The molecule has 728 valence electrons. The van der Waals surface area contributed by atoms with Gasteiger partial charge in [-0.15, -0.1) is 10.2 Å². The van der Waals surface area contributed by atoms with Crippen LogP contribution in [-0.2, 0) is 103 Å². The van der Waals surface area contributed by atoms with Crippen molar-refractivity contribution >= 4 is 69.1 Å². The zero-order chi connectivity index (χ0) is 94.8. The van der Waals surface area contributed by atoms with Crippen molar-refractivity contribution in [1.82, 2.24) is 64.9 Å². The largest absolute Gasteiger partial charge is 0.460 e. The van der Waals surface area contributed by atoms with E-state index in [1.807, 2.05) is 105 Å². The highest BCUT2D eigenvalue weighted by Crippen LogP contribution is 2.42. The molecule has 37 nitrogen and oxygen atoms in total. The Morgan fingerprint density at radius 3 is 2.10 bits per heavy atom. The number of nitrogens with one attached hydrogen (secondary N) is 1. The fourth-order valence-electron chi connectivity index (χ4n) is 17.6. The van der Waals surface area contributed by atoms with E-state index < -0.39 is 83.7 Å². The second-order valence-corrected chi connectivity index (χ2v) is 35.1. The van der Waals surface area contributed by atoms with Gasteiger partial charge in [-0.25, -0.2) is 28.8 Å². The molecule has 5 aromatic heterocycles. The number of anilines is 2. The number of fused-ring (bicyclic) bond motifs is 5. The number of esters is 1. The number of nitrogens with zero attached hydrogens (tertiary/aromatic N) is 12. The Balaban J connectivity index is 0.551. The number of Topliss-reactive ketones (excluding diaryl/α,β-unsaturated/α-hetero) is 3. The first-order chi connectivity index (χ1) is 64.4. The van der Waals surface area contributed by atoms with Crippen molar-refractivity contribution in [3.8, 4) is 33.8 Å². The van der Waals surface area contributed by atoms with Crippen LogP contribution in [0.25, 0.3) is 55.9 Å². The quantitative estimate of drug-likeness (QED) is 0.0103. The molecule has 0 radical (unpaired) electrons. The predicted molar refractivity (Wildman–Crippen MR) is 493 cm³/mol. The summed E-state index contributed by atoms with van der Waals surface area (Å²) in [5, 5.41) is 50.3. The monoisotopic (exact) mass is 1850 g/mol. The first-order valence-corrected chi connectivity index (χ1v) is 46.8. The topological polar surface area (TPSA) is 461 Å². The van der Waals surface area contributed by atoms with E-state index in [0.717, 1.165) is 47.2 Å². The van der Waals surface area contributed by atoms with Crippen LogP contribution >= 0.6 is 0 Å². The van der Waals surface area contributed by atoms with Crippen molar-refractivity contribution in [2.75, 3.05) is 152 Å². The van der Waals surface area contributed by atoms with Crippen molar-refractivity contribution in [2.45, 2.75) is 212 Å². The summed E-state index contributed by atoms with van der Waals surface area (Å²) >= 11 is 0. The molecule has 0 unspecified atom stereocenters. The number of ketones is 3. The third kappa shape index (κ3) is 29.8. The fraction of sp³-hybridized carbons (Fsp3) is 0.625. The minimum Gasteiger partial charge on any atom is -0.460 e. The molecule has 2 bridgehead atoms. The average Bonchev–Trinajstić information content (AvgIpc) is 1.25. The predicted octanol–water partition coefficient (Wildman–Crippen LogP) is 9.81. The number of hydrogen-bond acceptors (Lipinski definition) is 32. The molecule has 2 aromatic carbocycles. The number of benzene rings is 2. The maximum absolute atomic E-state index is 14.9. The Kier molecular flexibility index (Phi) is 41.2. The van der Waals surface area contributed by atoms with Gasteiger partial charge < -0.3 is 97.9 Å². The highest BCUT2D eigenvalue weighted by atomic mass is 16.6. The van der Waals surface area contributed by atoms with Crippen LogP contribution in [0.1, 0.15) is 151 Å². The summed E-state index contributed by atoms with van der Waals surface area (Å²) in [6, 6.07) is 12.1. The van der Waals surface area contributed by atoms with E-state index in [9.17, 15) is 39.0 Å². The SMILES string of the molecule is CO[C@H]1C[C@@H]2CC[C@@H](C)[C@@](O)(O2)C(=O)C(=O)N2CCCC[C@H]2C(=O)O[C@H]([C@H](C)C[C@@H]2CC[C@H](n3nncc3-c3cccc(-c4cn(CCOCCOCCOCCOCCOCCOCCOCCOCCC(=O)NCCCCn5nc(-c6ccc7oc(N)nc7c6)c6c(N)ncnc65)nn4)c3)[C@H](OC)C2)CC(=O)[C@H](C)/C=C(\C)[C@@H](O)[C@@H](OC)C(=O)[C@H](C)C[C@H](C)/C=C/C=C/C=C/1C. The van der Waals surface area contributed by atoms with Crippen molar-refractivity contribution in [3.05, 3.63) is 109 Å². The van der Waals surface area contributed by atoms with Gasteiger partial charge in [-0.1, -0.05) is 99.7 Å². The molecule has 11 rings (SSSR count). The number of nitrogen functional groups attached to an aromatic ring is 2. The number of aromatic nitrogens is 11. The number of aliphatic hydroxyl groups excluding tert-OH is 1. The van der Waals surface area contributed by atoms with E-state index >= 15 is 0 Å².